The van der Waals surface area contributed by atoms with Gasteiger partial charge in [0.05, 0.1) is 0 Å². The Bertz CT molecular complexity index is 257. The molecule has 0 aromatic rings. The molecule has 0 aromatic carbocycles. The molecule has 104 valence electrons. The summed E-state index contributed by atoms with van der Waals surface area (Å²) in [6, 6.07) is 0. The fourth-order valence-corrected chi connectivity index (χ4v) is 1.46. The van der Waals surface area contributed by atoms with Gasteiger partial charge in [-0.2, -0.15) is 0 Å². The first-order valence-electron chi connectivity index (χ1n) is 6.13. The van der Waals surface area contributed by atoms with Crippen LogP contribution in [0.15, 0.2) is 12.2 Å². The zero-order valence-electron chi connectivity index (χ0n) is 10.8. The van der Waals surface area contributed by atoms with Gasteiger partial charge in [-0.25, -0.2) is 9.59 Å². The van der Waals surface area contributed by atoms with Gasteiger partial charge >= 0.3 is 11.9 Å². The summed E-state index contributed by atoms with van der Waals surface area (Å²) in [4.78, 5) is 21.6. The topological polar surface area (TPSA) is 89.9 Å². The normalized spacial score (nSPS) is 16.1. The number of carboxylic acids is 2. The lowest BCUT2D eigenvalue weighted by atomic mass is 10.3. The molecule has 0 atom stereocenters. The van der Waals surface area contributed by atoms with E-state index in [1.807, 2.05) is 0 Å². The molecule has 3 N–H and O–H groups in total. The van der Waals surface area contributed by atoms with Crippen molar-refractivity contribution in [1.82, 2.24) is 10.2 Å². The maximum atomic E-state index is 9.55. The average molecular weight is 258 g/mol. The van der Waals surface area contributed by atoms with Crippen molar-refractivity contribution < 1.29 is 19.8 Å². The number of aliphatic carboxylic acids is 2. The molecule has 1 aliphatic rings. The summed E-state index contributed by atoms with van der Waals surface area (Å²) in [7, 11) is 0. The first kappa shape index (κ1) is 16.6. The molecular formula is C12H22N2O4. The number of piperazine rings is 1. The molecule has 0 aromatic heterocycles. The summed E-state index contributed by atoms with van der Waals surface area (Å²) < 4.78 is 0. The monoisotopic (exact) mass is 258 g/mol. The number of nitrogens with one attached hydrogen (secondary N) is 1. The molecule has 0 unspecified atom stereocenters. The number of carboxylic acid groups (broad SMARTS) is 2. The van der Waals surface area contributed by atoms with Crippen molar-refractivity contribution in [2.24, 2.45) is 0 Å². The third-order valence-electron chi connectivity index (χ3n) is 2.41. The fourth-order valence-electron chi connectivity index (χ4n) is 1.46. The van der Waals surface area contributed by atoms with Crippen molar-refractivity contribution in [2.75, 3.05) is 32.7 Å². The van der Waals surface area contributed by atoms with E-state index in [9.17, 15) is 9.59 Å². The maximum Gasteiger partial charge on any atom is 0.328 e. The van der Waals surface area contributed by atoms with Gasteiger partial charge in [0.15, 0.2) is 0 Å². The van der Waals surface area contributed by atoms with Crippen LogP contribution in [0.2, 0.25) is 0 Å². The molecule has 0 radical (unpaired) electrons. The minimum atomic E-state index is -1.26. The van der Waals surface area contributed by atoms with Crippen LogP contribution in [-0.4, -0.2) is 59.8 Å². The van der Waals surface area contributed by atoms with E-state index in [0.717, 1.165) is 0 Å². The first-order valence-corrected chi connectivity index (χ1v) is 6.13. The van der Waals surface area contributed by atoms with Crippen LogP contribution in [-0.2, 0) is 9.59 Å². The Labute approximate surface area is 107 Å². The van der Waals surface area contributed by atoms with Gasteiger partial charge in [-0.3, -0.25) is 0 Å². The number of rotatable bonds is 5. The lowest BCUT2D eigenvalue weighted by Crippen LogP contribution is -2.43. The Hall–Kier alpha value is -1.40. The van der Waals surface area contributed by atoms with Crippen LogP contribution in [0.1, 0.15) is 19.8 Å². The SMILES string of the molecule is CCCCN1CCNCC1.O=C(O)C=CC(=O)O. The third kappa shape index (κ3) is 11.1. The van der Waals surface area contributed by atoms with Gasteiger partial charge in [-0.1, -0.05) is 13.3 Å². The zero-order chi connectivity index (χ0) is 13.8. The van der Waals surface area contributed by atoms with E-state index in [1.165, 1.54) is 45.6 Å². The highest BCUT2D eigenvalue weighted by Crippen LogP contribution is 1.95. The molecule has 1 rings (SSSR count). The number of nitrogens with zero attached hydrogens (tertiary/aromatic N) is 1. The Morgan fingerprint density at radius 1 is 1.17 bits per heavy atom. The van der Waals surface area contributed by atoms with Crippen LogP contribution in [0, 0.1) is 0 Å². The molecule has 0 spiro atoms. The van der Waals surface area contributed by atoms with Crippen LogP contribution >= 0.6 is 0 Å². The second kappa shape index (κ2) is 10.7. The van der Waals surface area contributed by atoms with E-state index in [0.29, 0.717) is 12.2 Å². The Balaban J connectivity index is 0.000000331. The van der Waals surface area contributed by atoms with Crippen LogP contribution in [0.5, 0.6) is 0 Å². The number of carbonyl (C=O) groups is 2. The predicted molar refractivity (Wildman–Crippen MR) is 68.6 cm³/mol. The summed E-state index contributed by atoms with van der Waals surface area (Å²) >= 11 is 0. The molecule has 18 heavy (non-hydrogen) atoms. The van der Waals surface area contributed by atoms with Gasteiger partial charge in [0.2, 0.25) is 0 Å². The highest BCUT2D eigenvalue weighted by molar-refractivity contribution is 5.89. The Morgan fingerprint density at radius 3 is 2.06 bits per heavy atom. The minimum Gasteiger partial charge on any atom is -0.478 e. The highest BCUT2D eigenvalue weighted by atomic mass is 16.4. The van der Waals surface area contributed by atoms with Gasteiger partial charge in [-0.05, 0) is 13.0 Å². The molecule has 6 nitrogen and oxygen atoms in total. The van der Waals surface area contributed by atoms with E-state index in [4.69, 9.17) is 10.2 Å². The molecule has 1 heterocycles. The summed E-state index contributed by atoms with van der Waals surface area (Å²) in [6.07, 6.45) is 3.80. The summed E-state index contributed by atoms with van der Waals surface area (Å²) in [5.74, 6) is -2.51. The summed E-state index contributed by atoms with van der Waals surface area (Å²) in [5.41, 5.74) is 0. The quantitative estimate of drug-likeness (QED) is 0.619. The fraction of sp³-hybridized carbons (Fsp3) is 0.667. The highest BCUT2D eigenvalue weighted by Gasteiger charge is 2.06. The van der Waals surface area contributed by atoms with Gasteiger partial charge in [0.1, 0.15) is 0 Å². The predicted octanol–water partition coefficient (Wildman–Crippen LogP) is 0.404. The molecule has 0 aliphatic carbocycles. The largest absolute Gasteiger partial charge is 0.478 e. The molecule has 0 amide bonds. The molecule has 1 fully saturated rings. The molecule has 1 aliphatic heterocycles. The Morgan fingerprint density at radius 2 is 1.67 bits per heavy atom. The van der Waals surface area contributed by atoms with Gasteiger partial charge in [-0.15, -0.1) is 0 Å². The average Bonchev–Trinajstić information content (AvgIpc) is 2.36. The van der Waals surface area contributed by atoms with Crippen LogP contribution in [0.25, 0.3) is 0 Å². The van der Waals surface area contributed by atoms with Gasteiger partial charge in [0, 0.05) is 38.3 Å². The maximum absolute atomic E-state index is 9.55. The second-order valence-corrected chi connectivity index (χ2v) is 3.96. The second-order valence-electron chi connectivity index (χ2n) is 3.96. The minimum absolute atomic E-state index is 0.558. The smallest absolute Gasteiger partial charge is 0.328 e. The standard InChI is InChI=1S/C8H18N2.C4H4O4/c1-2-3-6-10-7-4-9-5-8-10;5-3(6)1-2-4(7)8/h9H,2-8H2,1H3;1-2H,(H,5,6)(H,7,8). The van der Waals surface area contributed by atoms with Crippen LogP contribution < -0.4 is 5.32 Å². The number of hydrogen-bond donors (Lipinski definition) is 3. The lowest BCUT2D eigenvalue weighted by molar-refractivity contribution is -0.134. The molecule has 6 heteroatoms. The number of hydrogen-bond acceptors (Lipinski definition) is 4. The zero-order valence-corrected chi connectivity index (χ0v) is 10.8. The molecular weight excluding hydrogens is 236 g/mol. The van der Waals surface area contributed by atoms with E-state index in [-0.39, 0.29) is 0 Å². The number of unbranched alkanes of at least 4 members (excludes halogenated alkanes) is 1. The van der Waals surface area contributed by atoms with Crippen LogP contribution in [0.4, 0.5) is 0 Å². The van der Waals surface area contributed by atoms with Gasteiger partial charge < -0.3 is 20.4 Å². The van der Waals surface area contributed by atoms with E-state index >= 15 is 0 Å². The van der Waals surface area contributed by atoms with Crippen molar-refractivity contribution in [2.45, 2.75) is 19.8 Å². The first-order chi connectivity index (χ1) is 8.56. The lowest BCUT2D eigenvalue weighted by Gasteiger charge is -2.26. The molecule has 1 saturated heterocycles. The van der Waals surface area contributed by atoms with E-state index in [1.54, 1.807) is 0 Å². The van der Waals surface area contributed by atoms with Crippen molar-refractivity contribution in [3.8, 4) is 0 Å². The third-order valence-corrected chi connectivity index (χ3v) is 2.41. The van der Waals surface area contributed by atoms with Crippen molar-refractivity contribution >= 4 is 11.9 Å². The Kier molecular flexibility index (Phi) is 9.90. The van der Waals surface area contributed by atoms with Crippen molar-refractivity contribution in [3.63, 3.8) is 0 Å². The molecule has 0 saturated carbocycles. The van der Waals surface area contributed by atoms with Crippen molar-refractivity contribution in [3.05, 3.63) is 12.2 Å². The van der Waals surface area contributed by atoms with Gasteiger partial charge in [0.25, 0.3) is 0 Å². The summed E-state index contributed by atoms with van der Waals surface area (Å²) in [5, 5.41) is 19.0. The summed E-state index contributed by atoms with van der Waals surface area (Å²) in [6.45, 7) is 8.42. The van der Waals surface area contributed by atoms with Crippen LogP contribution in [0.3, 0.4) is 0 Å². The van der Waals surface area contributed by atoms with Crippen molar-refractivity contribution in [1.29, 1.82) is 0 Å². The van der Waals surface area contributed by atoms with E-state index < -0.39 is 11.9 Å². The molecule has 0 bridgehead atoms. The van der Waals surface area contributed by atoms with E-state index in [2.05, 4.69) is 17.1 Å².